The summed E-state index contributed by atoms with van der Waals surface area (Å²) in [4.78, 5) is 43.3. The Hall–Kier alpha value is -2.39. The maximum atomic E-state index is 12.5. The molecule has 8 nitrogen and oxygen atoms in total. The first-order valence-corrected chi connectivity index (χ1v) is 8.78. The summed E-state index contributed by atoms with van der Waals surface area (Å²) in [5.41, 5.74) is -0.301. The number of rotatable bonds is 3. The number of aromatic nitrogens is 2. The SMILES string of the molecule is CCOC(=O)c1cnc2c(SC(=O)N3CCNCC3)cccn2c1=O. The lowest BCUT2D eigenvalue weighted by Crippen LogP contribution is -2.45. The Morgan fingerprint density at radius 1 is 1.36 bits per heavy atom. The van der Waals surface area contributed by atoms with Crippen LogP contribution in [0.2, 0.25) is 0 Å². The van der Waals surface area contributed by atoms with Crippen molar-refractivity contribution >= 4 is 28.6 Å². The van der Waals surface area contributed by atoms with Crippen molar-refractivity contribution in [3.8, 4) is 0 Å². The molecule has 3 rings (SSSR count). The molecule has 1 aliphatic heterocycles. The van der Waals surface area contributed by atoms with E-state index in [1.807, 2.05) is 0 Å². The Labute approximate surface area is 148 Å². The van der Waals surface area contributed by atoms with Gasteiger partial charge in [-0.05, 0) is 30.8 Å². The van der Waals surface area contributed by atoms with Crippen molar-refractivity contribution in [2.24, 2.45) is 0 Å². The fourth-order valence-corrected chi connectivity index (χ4v) is 3.40. The number of esters is 1. The van der Waals surface area contributed by atoms with Crippen LogP contribution in [0.3, 0.4) is 0 Å². The van der Waals surface area contributed by atoms with Crippen molar-refractivity contribution in [2.75, 3.05) is 32.8 Å². The van der Waals surface area contributed by atoms with Gasteiger partial charge in [0.2, 0.25) is 0 Å². The number of piperazine rings is 1. The molecule has 0 aromatic carbocycles. The van der Waals surface area contributed by atoms with E-state index < -0.39 is 11.5 Å². The molecule has 0 unspecified atom stereocenters. The number of hydrogen-bond acceptors (Lipinski definition) is 7. The highest BCUT2D eigenvalue weighted by molar-refractivity contribution is 8.13. The normalized spacial score (nSPS) is 14.5. The van der Waals surface area contributed by atoms with Crippen LogP contribution in [0, 0.1) is 0 Å². The largest absolute Gasteiger partial charge is 0.462 e. The first-order chi connectivity index (χ1) is 12.1. The van der Waals surface area contributed by atoms with E-state index in [4.69, 9.17) is 4.74 Å². The van der Waals surface area contributed by atoms with Crippen LogP contribution in [0.15, 0.2) is 34.2 Å². The van der Waals surface area contributed by atoms with Gasteiger partial charge >= 0.3 is 5.97 Å². The number of ether oxygens (including phenoxy) is 1. The summed E-state index contributed by atoms with van der Waals surface area (Å²) in [5, 5.41) is 3.11. The fraction of sp³-hybridized carbons (Fsp3) is 0.375. The van der Waals surface area contributed by atoms with Crippen LogP contribution in [0.1, 0.15) is 17.3 Å². The van der Waals surface area contributed by atoms with E-state index in [1.165, 1.54) is 16.8 Å². The molecule has 3 heterocycles. The maximum absolute atomic E-state index is 12.5. The number of carbonyl (C=O) groups excluding carboxylic acids is 2. The summed E-state index contributed by atoms with van der Waals surface area (Å²) in [5.74, 6) is -0.704. The zero-order chi connectivity index (χ0) is 17.8. The summed E-state index contributed by atoms with van der Waals surface area (Å²) < 4.78 is 6.13. The lowest BCUT2D eigenvalue weighted by Gasteiger charge is -2.26. The van der Waals surface area contributed by atoms with Crippen LogP contribution < -0.4 is 10.9 Å². The third-order valence-corrected chi connectivity index (χ3v) is 4.74. The number of nitrogens with zero attached hydrogens (tertiary/aromatic N) is 3. The summed E-state index contributed by atoms with van der Waals surface area (Å²) >= 11 is 1.03. The van der Waals surface area contributed by atoms with Crippen molar-refractivity contribution in [1.82, 2.24) is 19.6 Å². The first kappa shape index (κ1) is 17.4. The van der Waals surface area contributed by atoms with Crippen LogP contribution in [0.4, 0.5) is 4.79 Å². The molecule has 2 aromatic rings. The van der Waals surface area contributed by atoms with E-state index in [-0.39, 0.29) is 17.4 Å². The van der Waals surface area contributed by atoms with Crippen LogP contribution >= 0.6 is 11.8 Å². The molecule has 0 aliphatic carbocycles. The van der Waals surface area contributed by atoms with Gasteiger partial charge in [0.25, 0.3) is 10.8 Å². The third-order valence-electron chi connectivity index (χ3n) is 3.76. The second-order valence-corrected chi connectivity index (χ2v) is 6.36. The Kier molecular flexibility index (Phi) is 5.34. The van der Waals surface area contributed by atoms with Gasteiger partial charge in [-0.15, -0.1) is 0 Å². The monoisotopic (exact) mass is 362 g/mol. The summed E-state index contributed by atoms with van der Waals surface area (Å²) in [7, 11) is 0. The van der Waals surface area contributed by atoms with E-state index in [9.17, 15) is 14.4 Å². The molecule has 1 amide bonds. The highest BCUT2D eigenvalue weighted by atomic mass is 32.2. The molecule has 1 saturated heterocycles. The molecule has 132 valence electrons. The number of thioether (sulfide) groups is 1. The number of nitrogens with one attached hydrogen (secondary N) is 1. The molecule has 0 bridgehead atoms. The van der Waals surface area contributed by atoms with Crippen molar-refractivity contribution < 1.29 is 14.3 Å². The van der Waals surface area contributed by atoms with E-state index in [0.717, 1.165) is 24.9 Å². The van der Waals surface area contributed by atoms with Crippen LogP contribution in [0.5, 0.6) is 0 Å². The molecule has 0 spiro atoms. The number of hydrogen-bond donors (Lipinski definition) is 1. The molecule has 1 fully saturated rings. The highest BCUT2D eigenvalue weighted by Gasteiger charge is 2.20. The van der Waals surface area contributed by atoms with Gasteiger partial charge < -0.3 is 15.0 Å². The highest BCUT2D eigenvalue weighted by Crippen LogP contribution is 2.24. The van der Waals surface area contributed by atoms with E-state index in [2.05, 4.69) is 10.3 Å². The predicted octanol–water partition coefficient (Wildman–Crippen LogP) is 0.989. The molecular weight excluding hydrogens is 344 g/mol. The number of amides is 1. The molecule has 25 heavy (non-hydrogen) atoms. The van der Waals surface area contributed by atoms with Gasteiger partial charge in [-0.1, -0.05) is 0 Å². The molecule has 1 aliphatic rings. The standard InChI is InChI=1S/C16H18N4O4S/c1-2-24-15(22)11-10-18-13-12(4-3-7-20(13)14(11)21)25-16(23)19-8-5-17-6-9-19/h3-4,7,10,17H,2,5-6,8-9H2,1H3. The van der Waals surface area contributed by atoms with Gasteiger partial charge in [0.15, 0.2) is 5.65 Å². The van der Waals surface area contributed by atoms with Crippen LogP contribution in [-0.2, 0) is 4.74 Å². The average molecular weight is 362 g/mol. The zero-order valence-electron chi connectivity index (χ0n) is 13.7. The van der Waals surface area contributed by atoms with E-state index >= 15 is 0 Å². The summed E-state index contributed by atoms with van der Waals surface area (Å²) in [6.07, 6.45) is 2.72. The summed E-state index contributed by atoms with van der Waals surface area (Å²) in [6.45, 7) is 4.68. The lowest BCUT2D eigenvalue weighted by molar-refractivity contribution is 0.0523. The Bertz CT molecular complexity index is 861. The minimum atomic E-state index is -0.704. The van der Waals surface area contributed by atoms with Crippen molar-refractivity contribution in [2.45, 2.75) is 11.8 Å². The second-order valence-electron chi connectivity index (χ2n) is 5.37. The zero-order valence-corrected chi connectivity index (χ0v) is 14.5. The Balaban J connectivity index is 1.92. The molecule has 0 saturated carbocycles. The molecular formula is C16H18N4O4S. The minimum Gasteiger partial charge on any atom is -0.462 e. The first-order valence-electron chi connectivity index (χ1n) is 7.96. The lowest BCUT2D eigenvalue weighted by atomic mass is 10.3. The number of carbonyl (C=O) groups is 2. The van der Waals surface area contributed by atoms with Gasteiger partial charge in [0.1, 0.15) is 5.56 Å². The molecule has 1 N–H and O–H groups in total. The van der Waals surface area contributed by atoms with Crippen molar-refractivity contribution in [3.05, 3.63) is 40.4 Å². The second kappa shape index (κ2) is 7.66. The number of fused-ring (bicyclic) bond motifs is 1. The molecule has 0 radical (unpaired) electrons. The predicted molar refractivity (Wildman–Crippen MR) is 93.1 cm³/mol. The fourth-order valence-electron chi connectivity index (χ4n) is 2.52. The van der Waals surface area contributed by atoms with Gasteiger partial charge in [-0.25, -0.2) is 9.78 Å². The summed E-state index contributed by atoms with van der Waals surface area (Å²) in [6, 6.07) is 3.38. The van der Waals surface area contributed by atoms with Gasteiger partial charge in [0.05, 0.1) is 11.5 Å². The van der Waals surface area contributed by atoms with Crippen LogP contribution in [0.25, 0.3) is 5.65 Å². The van der Waals surface area contributed by atoms with Crippen molar-refractivity contribution in [3.63, 3.8) is 0 Å². The Morgan fingerprint density at radius 3 is 2.84 bits per heavy atom. The van der Waals surface area contributed by atoms with E-state index in [0.29, 0.717) is 23.6 Å². The molecule has 2 aromatic heterocycles. The topological polar surface area (TPSA) is 93.0 Å². The van der Waals surface area contributed by atoms with Crippen molar-refractivity contribution in [1.29, 1.82) is 0 Å². The smallest absolute Gasteiger partial charge is 0.345 e. The van der Waals surface area contributed by atoms with Gasteiger partial charge in [-0.2, -0.15) is 0 Å². The quantitative estimate of drug-likeness (QED) is 0.643. The van der Waals surface area contributed by atoms with Gasteiger partial charge in [0, 0.05) is 38.6 Å². The van der Waals surface area contributed by atoms with Crippen LogP contribution in [-0.4, -0.2) is 58.3 Å². The van der Waals surface area contributed by atoms with E-state index in [1.54, 1.807) is 24.0 Å². The molecule has 0 atom stereocenters. The number of pyridine rings is 1. The average Bonchev–Trinajstić information content (AvgIpc) is 2.63. The minimum absolute atomic E-state index is 0.0849. The maximum Gasteiger partial charge on any atom is 0.345 e. The Morgan fingerprint density at radius 2 is 2.12 bits per heavy atom. The van der Waals surface area contributed by atoms with Gasteiger partial charge in [-0.3, -0.25) is 14.0 Å². The molecule has 9 heteroatoms. The third kappa shape index (κ3) is 3.67.